The Hall–Kier alpha value is -3.54. The molecule has 0 bridgehead atoms. The van der Waals surface area contributed by atoms with Crippen LogP contribution in [-0.2, 0) is 0 Å². The van der Waals surface area contributed by atoms with Crippen molar-refractivity contribution in [2.75, 3.05) is 13.1 Å². The highest BCUT2D eigenvalue weighted by molar-refractivity contribution is 7.18. The molecule has 1 aliphatic heterocycles. The number of piperidine rings is 1. The Balaban J connectivity index is 1.62. The van der Waals surface area contributed by atoms with Crippen LogP contribution in [-0.4, -0.2) is 39.3 Å². The van der Waals surface area contributed by atoms with Gasteiger partial charge in [-0.3, -0.25) is 4.79 Å². The first-order valence-electron chi connectivity index (χ1n) is 10.4. The van der Waals surface area contributed by atoms with Gasteiger partial charge in [-0.1, -0.05) is 6.07 Å². The van der Waals surface area contributed by atoms with Crippen LogP contribution in [0.5, 0.6) is 0 Å². The zero-order valence-corrected chi connectivity index (χ0v) is 18.0. The van der Waals surface area contributed by atoms with Crippen LogP contribution in [0.25, 0.3) is 27.2 Å². The van der Waals surface area contributed by atoms with Crippen molar-refractivity contribution >= 4 is 22.9 Å². The molecule has 8 heteroatoms. The van der Waals surface area contributed by atoms with Crippen LogP contribution in [0.1, 0.15) is 28.1 Å². The summed E-state index contributed by atoms with van der Waals surface area (Å²) in [6.07, 6.45) is 7.33. The van der Waals surface area contributed by atoms with Gasteiger partial charge in [0.05, 0.1) is 10.4 Å². The molecule has 0 aliphatic carbocycles. The average Bonchev–Trinajstić information content (AvgIpc) is 3.45. The van der Waals surface area contributed by atoms with Crippen molar-refractivity contribution in [3.8, 4) is 27.6 Å². The van der Waals surface area contributed by atoms with Crippen LogP contribution in [0.4, 0.5) is 4.39 Å². The van der Waals surface area contributed by atoms with Crippen molar-refractivity contribution in [1.82, 2.24) is 14.3 Å². The number of halogens is 1. The monoisotopic (exact) mass is 445 g/mol. The van der Waals surface area contributed by atoms with Crippen molar-refractivity contribution in [3.63, 3.8) is 0 Å². The number of benzene rings is 1. The zero-order valence-electron chi connectivity index (χ0n) is 17.2. The second-order valence-electron chi connectivity index (χ2n) is 7.92. The summed E-state index contributed by atoms with van der Waals surface area (Å²) < 4.78 is 16.3. The van der Waals surface area contributed by atoms with Gasteiger partial charge in [-0.2, -0.15) is 5.26 Å². The minimum Gasteiger partial charge on any atom is -0.336 e. The molecule has 4 aromatic rings. The third-order valence-electron chi connectivity index (χ3n) is 5.74. The number of fused-ring (bicyclic) bond motifs is 1. The van der Waals surface area contributed by atoms with Gasteiger partial charge in [0.15, 0.2) is 0 Å². The van der Waals surface area contributed by atoms with E-state index in [9.17, 15) is 9.18 Å². The number of amides is 1. The number of carbonyl (C=O) groups excluding carboxylic acids is 1. The highest BCUT2D eigenvalue weighted by Gasteiger charge is 2.26. The van der Waals surface area contributed by atoms with E-state index in [1.807, 2.05) is 41.1 Å². The fourth-order valence-electron chi connectivity index (χ4n) is 4.10. The van der Waals surface area contributed by atoms with Gasteiger partial charge in [0.25, 0.3) is 5.91 Å². The summed E-state index contributed by atoms with van der Waals surface area (Å²) in [6.45, 7) is 1.22. The minimum absolute atomic E-state index is 0.0102. The van der Waals surface area contributed by atoms with Crippen molar-refractivity contribution in [1.29, 1.82) is 5.26 Å². The lowest BCUT2D eigenvalue weighted by Crippen LogP contribution is -2.45. The molecular weight excluding hydrogens is 425 g/mol. The lowest BCUT2D eigenvalue weighted by Gasteiger charge is -2.30. The van der Waals surface area contributed by atoms with Gasteiger partial charge in [0.2, 0.25) is 0 Å². The predicted octanol–water partition coefficient (Wildman–Crippen LogP) is 4.30. The fraction of sp³-hybridized carbons (Fsp3) is 0.208. The first kappa shape index (κ1) is 20.4. The number of nitrogens with two attached hydrogens (primary N) is 1. The normalized spacial score (nSPS) is 16.3. The van der Waals surface area contributed by atoms with E-state index in [1.165, 1.54) is 23.5 Å². The standard InChI is InChI=1S/C24H20FN5OS/c25-20-10-15(3-4-16(20)12-26)19-11-21(24(31)30-8-1-2-18(27)14-30)32-23(19)17-5-6-22-28-7-9-29(22)13-17/h3-7,9-11,13,18H,1-2,8,14,27H2/t18-/m1/s1. The molecule has 0 unspecified atom stereocenters. The van der Waals surface area contributed by atoms with E-state index in [2.05, 4.69) is 4.98 Å². The van der Waals surface area contributed by atoms with E-state index in [1.54, 1.807) is 17.2 Å². The summed E-state index contributed by atoms with van der Waals surface area (Å²) in [5, 5.41) is 9.08. The third kappa shape index (κ3) is 3.66. The lowest BCUT2D eigenvalue weighted by molar-refractivity contribution is 0.0714. The Bertz CT molecular complexity index is 1370. The van der Waals surface area contributed by atoms with Gasteiger partial charge < -0.3 is 15.0 Å². The minimum atomic E-state index is -0.581. The Labute approximate surface area is 188 Å². The van der Waals surface area contributed by atoms with Crippen LogP contribution in [0.3, 0.4) is 0 Å². The number of hydrogen-bond donors (Lipinski definition) is 1. The van der Waals surface area contributed by atoms with Crippen molar-refractivity contribution in [2.45, 2.75) is 18.9 Å². The SMILES string of the molecule is N#Cc1ccc(-c2cc(C(=O)N3CCC[C@@H](N)C3)sc2-c2ccc3nccn3c2)cc1F. The van der Waals surface area contributed by atoms with E-state index in [-0.39, 0.29) is 17.5 Å². The number of carbonyl (C=O) groups is 1. The van der Waals surface area contributed by atoms with Gasteiger partial charge in [-0.05, 0) is 48.7 Å². The summed E-state index contributed by atoms with van der Waals surface area (Å²) in [4.78, 5) is 20.8. The molecule has 6 nitrogen and oxygen atoms in total. The molecule has 0 spiro atoms. The number of nitrogens with zero attached hydrogens (tertiary/aromatic N) is 4. The van der Waals surface area contributed by atoms with Gasteiger partial charge in [0, 0.05) is 53.7 Å². The lowest BCUT2D eigenvalue weighted by atomic mass is 10.0. The van der Waals surface area contributed by atoms with Crippen LogP contribution in [0.15, 0.2) is 55.0 Å². The molecule has 1 amide bonds. The average molecular weight is 446 g/mol. The summed E-state index contributed by atoms with van der Waals surface area (Å²) in [5.74, 6) is -0.641. The first-order chi connectivity index (χ1) is 15.5. The number of nitriles is 1. The molecular formula is C24H20FN5OS. The number of aromatic nitrogens is 2. The topological polar surface area (TPSA) is 87.4 Å². The van der Waals surface area contributed by atoms with Crippen LogP contribution >= 0.6 is 11.3 Å². The maximum Gasteiger partial charge on any atom is 0.264 e. The number of likely N-dealkylation sites (tertiary alicyclic amines) is 1. The van der Waals surface area contributed by atoms with E-state index < -0.39 is 5.82 Å². The van der Waals surface area contributed by atoms with Gasteiger partial charge in [-0.25, -0.2) is 9.37 Å². The molecule has 2 N–H and O–H groups in total. The first-order valence-corrected chi connectivity index (χ1v) is 11.2. The van der Waals surface area contributed by atoms with Crippen LogP contribution < -0.4 is 5.73 Å². The number of rotatable bonds is 3. The summed E-state index contributed by atoms with van der Waals surface area (Å²) in [6, 6.07) is 12.1. The van der Waals surface area contributed by atoms with Crippen molar-refractivity contribution in [3.05, 3.63) is 71.2 Å². The van der Waals surface area contributed by atoms with E-state index >= 15 is 0 Å². The molecule has 1 atom stereocenters. The van der Waals surface area contributed by atoms with Gasteiger partial charge in [-0.15, -0.1) is 11.3 Å². The van der Waals surface area contributed by atoms with E-state index in [0.29, 0.717) is 23.5 Å². The maximum atomic E-state index is 14.4. The van der Waals surface area contributed by atoms with Crippen molar-refractivity contribution < 1.29 is 9.18 Å². The quantitative estimate of drug-likeness (QED) is 0.509. The van der Waals surface area contributed by atoms with Gasteiger partial charge in [0.1, 0.15) is 17.5 Å². The fourth-order valence-corrected chi connectivity index (χ4v) is 5.24. The predicted molar refractivity (Wildman–Crippen MR) is 122 cm³/mol. The molecule has 0 radical (unpaired) electrons. The number of pyridine rings is 1. The molecule has 1 aromatic carbocycles. The number of thiophene rings is 1. The molecule has 3 aromatic heterocycles. The smallest absolute Gasteiger partial charge is 0.264 e. The Kier molecular flexibility index (Phi) is 5.21. The third-order valence-corrected chi connectivity index (χ3v) is 6.91. The Morgan fingerprint density at radius 1 is 1.25 bits per heavy atom. The maximum absolute atomic E-state index is 14.4. The molecule has 1 saturated heterocycles. The Morgan fingerprint density at radius 3 is 2.88 bits per heavy atom. The van der Waals surface area contributed by atoms with Crippen LogP contribution in [0, 0.1) is 17.1 Å². The van der Waals surface area contributed by atoms with Crippen molar-refractivity contribution in [2.24, 2.45) is 5.73 Å². The number of hydrogen-bond acceptors (Lipinski definition) is 5. The highest BCUT2D eigenvalue weighted by atomic mass is 32.1. The highest BCUT2D eigenvalue weighted by Crippen LogP contribution is 2.40. The zero-order chi connectivity index (χ0) is 22.2. The van der Waals surface area contributed by atoms with E-state index in [0.717, 1.165) is 34.5 Å². The van der Waals surface area contributed by atoms with E-state index in [4.69, 9.17) is 11.0 Å². The van der Waals surface area contributed by atoms with Gasteiger partial charge >= 0.3 is 0 Å². The molecule has 1 fully saturated rings. The largest absolute Gasteiger partial charge is 0.336 e. The molecule has 1 aliphatic rings. The number of imidazole rings is 1. The Morgan fingerprint density at radius 2 is 2.09 bits per heavy atom. The summed E-state index contributed by atoms with van der Waals surface area (Å²) in [7, 11) is 0. The molecule has 4 heterocycles. The molecule has 0 saturated carbocycles. The van der Waals surface area contributed by atoms with Crippen LogP contribution in [0.2, 0.25) is 0 Å². The molecule has 32 heavy (non-hydrogen) atoms. The molecule has 5 rings (SSSR count). The summed E-state index contributed by atoms with van der Waals surface area (Å²) >= 11 is 1.38. The summed E-state index contributed by atoms with van der Waals surface area (Å²) in [5.41, 5.74) is 9.15. The second kappa shape index (κ2) is 8.19. The second-order valence-corrected chi connectivity index (χ2v) is 8.98. The molecule has 160 valence electrons.